The molecule has 2 aromatic heterocycles. The zero-order chi connectivity index (χ0) is 14.1. The third-order valence-corrected chi connectivity index (χ3v) is 2.87. The van der Waals surface area contributed by atoms with Gasteiger partial charge >= 0.3 is 0 Å². The van der Waals surface area contributed by atoms with Crippen molar-refractivity contribution in [1.29, 1.82) is 0 Å². The molecule has 2 heterocycles. The zero-order valence-corrected chi connectivity index (χ0v) is 11.0. The summed E-state index contributed by atoms with van der Waals surface area (Å²) in [5, 5.41) is 13.3. The normalized spacial score (nSPS) is 10.7. The van der Waals surface area contributed by atoms with E-state index in [-0.39, 0.29) is 5.75 Å². The van der Waals surface area contributed by atoms with Gasteiger partial charge in [-0.15, -0.1) is 0 Å². The molecule has 3 rings (SSSR count). The first-order chi connectivity index (χ1) is 9.63. The molecule has 0 radical (unpaired) electrons. The molecule has 0 unspecified atom stereocenters. The van der Waals surface area contributed by atoms with Gasteiger partial charge in [-0.05, 0) is 43.7 Å². The Hall–Kier alpha value is -2.76. The van der Waals surface area contributed by atoms with Crippen LogP contribution in [-0.4, -0.2) is 25.2 Å². The maximum Gasteiger partial charge on any atom is 0.258 e. The van der Waals surface area contributed by atoms with E-state index < -0.39 is 0 Å². The van der Waals surface area contributed by atoms with Crippen LogP contribution in [0.5, 0.6) is 5.75 Å². The SMILES string of the molecule is Cc1nccc(-c2noc(-c3ccc(O)cc3C)n2)n1. The number of benzene rings is 1. The Morgan fingerprint density at radius 3 is 2.70 bits per heavy atom. The van der Waals surface area contributed by atoms with Crippen molar-refractivity contribution in [3.05, 3.63) is 41.9 Å². The standard InChI is InChI=1S/C14H12N4O2/c1-8-7-10(19)3-4-11(8)14-17-13(18-20-14)12-5-6-15-9(2)16-12/h3-7,19H,1-2H3. The number of aromatic hydroxyl groups is 1. The van der Waals surface area contributed by atoms with Crippen molar-refractivity contribution in [3.8, 4) is 28.7 Å². The number of phenols is 1. The van der Waals surface area contributed by atoms with E-state index in [4.69, 9.17) is 4.52 Å². The number of rotatable bonds is 2. The van der Waals surface area contributed by atoms with Gasteiger partial charge in [0.1, 0.15) is 17.3 Å². The van der Waals surface area contributed by atoms with Gasteiger partial charge in [-0.2, -0.15) is 4.98 Å². The fraction of sp³-hybridized carbons (Fsp3) is 0.143. The van der Waals surface area contributed by atoms with Crippen LogP contribution in [0.2, 0.25) is 0 Å². The summed E-state index contributed by atoms with van der Waals surface area (Å²) in [6, 6.07) is 6.70. The Balaban J connectivity index is 2.02. The highest BCUT2D eigenvalue weighted by Gasteiger charge is 2.13. The highest BCUT2D eigenvalue weighted by Crippen LogP contribution is 2.26. The number of hydrogen-bond acceptors (Lipinski definition) is 6. The van der Waals surface area contributed by atoms with E-state index in [1.54, 1.807) is 37.4 Å². The van der Waals surface area contributed by atoms with Gasteiger partial charge in [0, 0.05) is 11.8 Å². The van der Waals surface area contributed by atoms with E-state index in [0.717, 1.165) is 11.1 Å². The predicted molar refractivity (Wildman–Crippen MR) is 71.9 cm³/mol. The molecule has 0 fully saturated rings. The molecule has 0 aliphatic heterocycles. The molecule has 100 valence electrons. The van der Waals surface area contributed by atoms with E-state index >= 15 is 0 Å². The molecule has 20 heavy (non-hydrogen) atoms. The van der Waals surface area contributed by atoms with Crippen LogP contribution in [0.3, 0.4) is 0 Å². The summed E-state index contributed by atoms with van der Waals surface area (Å²) in [6.07, 6.45) is 1.65. The average Bonchev–Trinajstić information content (AvgIpc) is 2.88. The van der Waals surface area contributed by atoms with Crippen LogP contribution in [0.15, 0.2) is 35.0 Å². The quantitative estimate of drug-likeness (QED) is 0.768. The molecular formula is C14H12N4O2. The summed E-state index contributed by atoms with van der Waals surface area (Å²) in [5.41, 5.74) is 2.26. The Bertz CT molecular complexity index is 767. The minimum absolute atomic E-state index is 0.206. The van der Waals surface area contributed by atoms with Crippen LogP contribution in [0.4, 0.5) is 0 Å². The summed E-state index contributed by atoms with van der Waals surface area (Å²) >= 11 is 0. The zero-order valence-electron chi connectivity index (χ0n) is 11.0. The van der Waals surface area contributed by atoms with Crippen molar-refractivity contribution in [2.75, 3.05) is 0 Å². The summed E-state index contributed by atoms with van der Waals surface area (Å²) in [6.45, 7) is 3.67. The van der Waals surface area contributed by atoms with Gasteiger partial charge in [0.15, 0.2) is 0 Å². The second-order valence-corrected chi connectivity index (χ2v) is 4.41. The molecular weight excluding hydrogens is 256 g/mol. The van der Waals surface area contributed by atoms with Crippen LogP contribution in [-0.2, 0) is 0 Å². The number of phenolic OH excluding ortho intramolecular Hbond substituents is 1. The summed E-state index contributed by atoms with van der Waals surface area (Å²) < 4.78 is 5.26. The minimum Gasteiger partial charge on any atom is -0.508 e. The number of aromatic nitrogens is 4. The summed E-state index contributed by atoms with van der Waals surface area (Å²) in [5.74, 6) is 1.67. The second-order valence-electron chi connectivity index (χ2n) is 4.41. The van der Waals surface area contributed by atoms with Crippen molar-refractivity contribution in [2.45, 2.75) is 13.8 Å². The topological polar surface area (TPSA) is 84.9 Å². The van der Waals surface area contributed by atoms with Crippen LogP contribution >= 0.6 is 0 Å². The minimum atomic E-state index is 0.206. The molecule has 6 nitrogen and oxygen atoms in total. The monoisotopic (exact) mass is 268 g/mol. The van der Waals surface area contributed by atoms with Crippen molar-refractivity contribution in [1.82, 2.24) is 20.1 Å². The van der Waals surface area contributed by atoms with Gasteiger partial charge < -0.3 is 9.63 Å². The third kappa shape index (κ3) is 2.23. The van der Waals surface area contributed by atoms with Crippen molar-refractivity contribution >= 4 is 0 Å². The smallest absolute Gasteiger partial charge is 0.258 e. The van der Waals surface area contributed by atoms with E-state index in [1.165, 1.54) is 0 Å². The molecule has 0 aliphatic rings. The van der Waals surface area contributed by atoms with Gasteiger partial charge in [0.25, 0.3) is 5.89 Å². The lowest BCUT2D eigenvalue weighted by Gasteiger charge is -2.00. The molecule has 0 bridgehead atoms. The summed E-state index contributed by atoms with van der Waals surface area (Å²) in [7, 11) is 0. The van der Waals surface area contributed by atoms with E-state index in [9.17, 15) is 5.11 Å². The maximum absolute atomic E-state index is 9.41. The Kier molecular flexibility index (Phi) is 2.90. The second kappa shape index (κ2) is 4.73. The fourth-order valence-corrected chi connectivity index (χ4v) is 1.91. The molecule has 0 saturated carbocycles. The molecule has 0 amide bonds. The number of aryl methyl sites for hydroxylation is 2. The number of nitrogens with zero attached hydrogens (tertiary/aromatic N) is 4. The molecule has 1 N–H and O–H groups in total. The van der Waals surface area contributed by atoms with Crippen LogP contribution < -0.4 is 0 Å². The van der Waals surface area contributed by atoms with Crippen LogP contribution in [0, 0.1) is 13.8 Å². The third-order valence-electron chi connectivity index (χ3n) is 2.87. The lowest BCUT2D eigenvalue weighted by molar-refractivity contribution is 0.431. The highest BCUT2D eigenvalue weighted by atomic mass is 16.5. The van der Waals surface area contributed by atoms with Gasteiger partial charge in [0.05, 0.1) is 0 Å². The van der Waals surface area contributed by atoms with E-state index in [2.05, 4.69) is 20.1 Å². The van der Waals surface area contributed by atoms with E-state index in [1.807, 2.05) is 6.92 Å². The predicted octanol–water partition coefficient (Wildman–Crippen LogP) is 2.52. The Morgan fingerprint density at radius 2 is 1.95 bits per heavy atom. The fourth-order valence-electron chi connectivity index (χ4n) is 1.91. The Labute approximate surface area is 115 Å². The van der Waals surface area contributed by atoms with Gasteiger partial charge in [-0.1, -0.05) is 5.16 Å². The van der Waals surface area contributed by atoms with Crippen molar-refractivity contribution in [3.63, 3.8) is 0 Å². The molecule has 6 heteroatoms. The van der Waals surface area contributed by atoms with Crippen LogP contribution in [0.25, 0.3) is 23.0 Å². The van der Waals surface area contributed by atoms with Crippen LogP contribution in [0.1, 0.15) is 11.4 Å². The first-order valence-corrected chi connectivity index (χ1v) is 6.07. The van der Waals surface area contributed by atoms with Gasteiger partial charge in [-0.25, -0.2) is 9.97 Å². The largest absolute Gasteiger partial charge is 0.508 e. The Morgan fingerprint density at radius 1 is 1.10 bits per heavy atom. The molecule has 0 atom stereocenters. The molecule has 1 aromatic carbocycles. The number of hydrogen-bond donors (Lipinski definition) is 1. The molecule has 0 saturated heterocycles. The first-order valence-electron chi connectivity index (χ1n) is 6.07. The first kappa shape index (κ1) is 12.3. The van der Waals surface area contributed by atoms with E-state index in [0.29, 0.717) is 23.2 Å². The van der Waals surface area contributed by atoms with Crippen molar-refractivity contribution in [2.24, 2.45) is 0 Å². The van der Waals surface area contributed by atoms with Gasteiger partial charge in [0.2, 0.25) is 5.82 Å². The molecule has 0 aliphatic carbocycles. The summed E-state index contributed by atoms with van der Waals surface area (Å²) in [4.78, 5) is 12.6. The highest BCUT2D eigenvalue weighted by molar-refractivity contribution is 5.62. The average molecular weight is 268 g/mol. The molecule has 0 spiro atoms. The lowest BCUT2D eigenvalue weighted by Crippen LogP contribution is -1.91. The van der Waals surface area contributed by atoms with Crippen molar-refractivity contribution < 1.29 is 9.63 Å². The van der Waals surface area contributed by atoms with Gasteiger partial charge in [-0.3, -0.25) is 0 Å². The lowest BCUT2D eigenvalue weighted by atomic mass is 10.1. The molecule has 3 aromatic rings. The maximum atomic E-state index is 9.41.